The van der Waals surface area contributed by atoms with Crippen LogP contribution in [0.3, 0.4) is 0 Å². The van der Waals surface area contributed by atoms with Crippen LogP contribution in [0.25, 0.3) is 0 Å². The van der Waals surface area contributed by atoms with Crippen molar-refractivity contribution in [3.63, 3.8) is 0 Å². The summed E-state index contributed by atoms with van der Waals surface area (Å²) in [4.78, 5) is 8.95. The highest BCUT2D eigenvalue weighted by molar-refractivity contribution is 5.95. The zero-order valence-electron chi connectivity index (χ0n) is 48.8. The van der Waals surface area contributed by atoms with Gasteiger partial charge in [-0.15, -0.1) is 0 Å². The van der Waals surface area contributed by atoms with Crippen LogP contribution in [-0.2, 0) is 14.2 Å². The number of aliphatic hydroxyl groups excluding tert-OH is 1. The molecule has 6 nitrogen and oxygen atoms in total. The third kappa shape index (κ3) is 37.7. The summed E-state index contributed by atoms with van der Waals surface area (Å²) >= 11 is 0. The molecule has 0 bridgehead atoms. The maximum Gasteiger partial charge on any atom is 0.216 e. The monoisotopic (exact) mass is 1010 g/mol. The van der Waals surface area contributed by atoms with E-state index in [2.05, 4.69) is 51.7 Å². The third-order valence-corrected chi connectivity index (χ3v) is 15.2. The number of rotatable bonds is 46. The van der Waals surface area contributed by atoms with Crippen molar-refractivity contribution in [2.75, 3.05) is 33.0 Å². The van der Waals surface area contributed by atoms with Crippen LogP contribution in [-0.4, -0.2) is 62.0 Å². The van der Waals surface area contributed by atoms with E-state index in [9.17, 15) is 0 Å². The topological polar surface area (TPSA) is 72.6 Å². The van der Waals surface area contributed by atoms with Gasteiger partial charge in [0.05, 0.1) is 13.2 Å². The molecule has 0 saturated carbocycles. The van der Waals surface area contributed by atoms with Gasteiger partial charge >= 0.3 is 0 Å². The van der Waals surface area contributed by atoms with Gasteiger partial charge in [0.15, 0.2) is 0 Å². The summed E-state index contributed by atoms with van der Waals surface area (Å²) in [5.41, 5.74) is 2.04. The number of unbranched alkanes of at least 4 members (excludes halogenated alkanes) is 28. The second-order valence-corrected chi connectivity index (χ2v) is 22.2. The fourth-order valence-electron chi connectivity index (χ4n) is 10.5. The van der Waals surface area contributed by atoms with Crippen LogP contribution in [0, 0.1) is 11.8 Å². The SMILES string of the molecule is CCCCCCCCCCCCC[C@@H](CCCCCCC)CCOC[C@@H]1COC(c2ccccc2)=N1.CCCCCCCCCCCCC[C@H](CCC)CCCCCCC.OC[C@@H]1COC(c2ccccc2)=N1. The second-order valence-electron chi connectivity index (χ2n) is 22.2. The van der Waals surface area contributed by atoms with Crippen molar-refractivity contribution in [1.29, 1.82) is 0 Å². The minimum atomic E-state index is -0.0878. The minimum absolute atomic E-state index is 0.0519. The van der Waals surface area contributed by atoms with Crippen molar-refractivity contribution in [2.45, 2.75) is 297 Å². The van der Waals surface area contributed by atoms with Crippen molar-refractivity contribution in [2.24, 2.45) is 21.8 Å². The molecule has 0 saturated heterocycles. The van der Waals surface area contributed by atoms with Gasteiger partial charge in [0.2, 0.25) is 11.8 Å². The van der Waals surface area contributed by atoms with Crippen LogP contribution in [0.5, 0.6) is 0 Å². The van der Waals surface area contributed by atoms with Gasteiger partial charge in [-0.05, 0) is 42.5 Å². The molecule has 0 aromatic heterocycles. The molecule has 0 spiro atoms. The van der Waals surface area contributed by atoms with Crippen molar-refractivity contribution in [3.8, 4) is 0 Å². The Labute approximate surface area is 452 Å². The van der Waals surface area contributed by atoms with E-state index < -0.39 is 0 Å². The summed E-state index contributed by atoms with van der Waals surface area (Å²) < 4.78 is 17.2. The van der Waals surface area contributed by atoms with Crippen LogP contribution in [0.4, 0.5) is 0 Å². The number of aliphatic imine (C=N–C) groups is 2. The van der Waals surface area contributed by atoms with Crippen molar-refractivity contribution >= 4 is 11.8 Å². The maximum atomic E-state index is 8.84. The van der Waals surface area contributed by atoms with Crippen molar-refractivity contribution < 1.29 is 19.3 Å². The van der Waals surface area contributed by atoms with Crippen LogP contribution in [0.1, 0.15) is 296 Å². The Balaban J connectivity index is 0.000000420. The van der Waals surface area contributed by atoms with E-state index in [0.29, 0.717) is 25.7 Å². The molecule has 2 heterocycles. The average Bonchev–Trinajstić information content (AvgIpc) is 4.12. The van der Waals surface area contributed by atoms with Crippen LogP contribution < -0.4 is 0 Å². The van der Waals surface area contributed by atoms with E-state index in [1.165, 1.54) is 250 Å². The molecule has 2 aliphatic rings. The Morgan fingerprint density at radius 2 is 0.712 bits per heavy atom. The molecule has 6 heteroatoms. The first-order valence-electron chi connectivity index (χ1n) is 31.8. The Bertz CT molecular complexity index is 1500. The van der Waals surface area contributed by atoms with Crippen molar-refractivity contribution in [1.82, 2.24) is 0 Å². The zero-order valence-corrected chi connectivity index (χ0v) is 48.8. The quantitative estimate of drug-likeness (QED) is 0.0671. The number of aliphatic hydroxyl groups is 1. The lowest BCUT2D eigenvalue weighted by Gasteiger charge is -2.17. The molecule has 4 atom stereocenters. The van der Waals surface area contributed by atoms with Crippen LogP contribution >= 0.6 is 0 Å². The van der Waals surface area contributed by atoms with E-state index in [1.54, 1.807) is 0 Å². The first kappa shape index (κ1) is 66.4. The van der Waals surface area contributed by atoms with Crippen LogP contribution in [0.15, 0.2) is 70.6 Å². The van der Waals surface area contributed by atoms with Crippen LogP contribution in [0.2, 0.25) is 0 Å². The Hall–Kier alpha value is -2.70. The molecule has 1 N–H and O–H groups in total. The summed E-state index contributed by atoms with van der Waals surface area (Å²) in [6.45, 7) is 14.3. The van der Waals surface area contributed by atoms with Gasteiger partial charge in [-0.1, -0.05) is 315 Å². The summed E-state index contributed by atoms with van der Waals surface area (Å²) in [5, 5.41) is 8.84. The molecule has 0 radical (unpaired) electrons. The molecule has 2 aromatic carbocycles. The molecule has 0 aliphatic carbocycles. The summed E-state index contributed by atoms with van der Waals surface area (Å²) in [6, 6.07) is 20.0. The lowest BCUT2D eigenvalue weighted by Crippen LogP contribution is -2.16. The van der Waals surface area contributed by atoms with Gasteiger partial charge < -0.3 is 19.3 Å². The van der Waals surface area contributed by atoms with Gasteiger partial charge in [0, 0.05) is 17.7 Å². The molecular formula is C67H118N2O4. The maximum absolute atomic E-state index is 8.84. The van der Waals surface area contributed by atoms with E-state index >= 15 is 0 Å². The molecular weight excluding hydrogens is 897 g/mol. The number of hydrogen-bond donors (Lipinski definition) is 1. The lowest BCUT2D eigenvalue weighted by molar-refractivity contribution is 0.0983. The number of nitrogens with zero attached hydrogens (tertiary/aromatic N) is 2. The summed E-state index contributed by atoms with van der Waals surface area (Å²) in [6.07, 6.45) is 55.9. The molecule has 0 amide bonds. The summed E-state index contributed by atoms with van der Waals surface area (Å²) in [5.74, 6) is 3.27. The number of benzene rings is 2. The molecule has 4 rings (SSSR count). The first-order chi connectivity index (χ1) is 36.1. The fraction of sp³-hybridized carbons (Fsp3) is 0.791. The largest absolute Gasteiger partial charge is 0.475 e. The minimum Gasteiger partial charge on any atom is -0.475 e. The van der Waals surface area contributed by atoms with Gasteiger partial charge in [-0.3, -0.25) is 0 Å². The first-order valence-corrected chi connectivity index (χ1v) is 31.8. The smallest absolute Gasteiger partial charge is 0.216 e. The van der Waals surface area contributed by atoms with Gasteiger partial charge in [-0.25, -0.2) is 9.98 Å². The van der Waals surface area contributed by atoms with E-state index in [0.717, 1.165) is 35.5 Å². The Morgan fingerprint density at radius 3 is 1.04 bits per heavy atom. The van der Waals surface area contributed by atoms with E-state index in [-0.39, 0.29) is 18.7 Å². The summed E-state index contributed by atoms with van der Waals surface area (Å²) in [7, 11) is 0. The van der Waals surface area contributed by atoms with Crippen molar-refractivity contribution in [3.05, 3.63) is 71.8 Å². The zero-order chi connectivity index (χ0) is 52.3. The fourth-order valence-corrected chi connectivity index (χ4v) is 10.5. The number of ether oxygens (including phenoxy) is 3. The second kappa shape index (κ2) is 50.1. The standard InChI is InChI=1S/C33H57NO2.C24H50.C10H11NO2/c1-3-5-7-9-10-11-12-13-14-16-19-23-30(22-18-15-8-6-4-2)26-27-35-28-32-29-36-33(34-32)31-24-20-17-21-25-31;1-4-7-9-11-12-13-14-15-16-18-20-23-24(21-6-3)22-19-17-10-8-5-2;12-6-9-7-13-10(11-9)8-4-2-1-3-5-8/h17,20-21,24-25,30,32H,3-16,18-19,22-23,26-29H2,1-2H3;24H,4-23H2,1-3H3;1-5,9,12H,6-7H2/t30-,32-;24-;9-/m111/s1. The number of hydrogen-bond acceptors (Lipinski definition) is 6. The predicted molar refractivity (Wildman–Crippen MR) is 319 cm³/mol. The molecule has 2 aromatic rings. The Morgan fingerprint density at radius 1 is 0.397 bits per heavy atom. The normalized spacial score (nSPS) is 15.9. The third-order valence-electron chi connectivity index (χ3n) is 15.2. The molecule has 420 valence electrons. The highest BCUT2D eigenvalue weighted by atomic mass is 16.5. The van der Waals surface area contributed by atoms with Gasteiger partial charge in [-0.2, -0.15) is 0 Å². The van der Waals surface area contributed by atoms with Gasteiger partial charge in [0.1, 0.15) is 25.3 Å². The predicted octanol–water partition coefficient (Wildman–Crippen LogP) is 20.2. The Kier molecular flexibility index (Phi) is 45.6. The lowest BCUT2D eigenvalue weighted by atomic mass is 9.90. The highest BCUT2D eigenvalue weighted by Gasteiger charge is 2.21. The highest BCUT2D eigenvalue weighted by Crippen LogP contribution is 2.25. The molecule has 0 fully saturated rings. The molecule has 73 heavy (non-hydrogen) atoms. The molecule has 0 unspecified atom stereocenters. The molecule has 2 aliphatic heterocycles. The van der Waals surface area contributed by atoms with E-state index in [4.69, 9.17) is 24.3 Å². The van der Waals surface area contributed by atoms with E-state index in [1.807, 2.05) is 48.5 Å². The average molecular weight is 1020 g/mol. The van der Waals surface area contributed by atoms with Gasteiger partial charge in [0.25, 0.3) is 0 Å².